The number of benzene rings is 2. The summed E-state index contributed by atoms with van der Waals surface area (Å²) < 4.78 is 1.42. The zero-order valence-electron chi connectivity index (χ0n) is 13.0. The molecule has 0 spiro atoms. The molecule has 0 saturated heterocycles. The maximum atomic E-state index is 10.3. The van der Waals surface area contributed by atoms with Crippen LogP contribution in [-0.2, 0) is 7.05 Å². The van der Waals surface area contributed by atoms with E-state index in [4.69, 9.17) is 35.4 Å². The average Bonchev–Trinajstić information content (AvgIpc) is 2.82. The first kappa shape index (κ1) is 17.0. The van der Waals surface area contributed by atoms with Gasteiger partial charge in [0.05, 0.1) is 26.2 Å². The second-order valence-electron chi connectivity index (χ2n) is 5.41. The third-order valence-electron chi connectivity index (χ3n) is 3.82. The van der Waals surface area contributed by atoms with Crippen molar-refractivity contribution < 1.29 is 5.11 Å². The van der Waals surface area contributed by atoms with Crippen LogP contribution in [0.25, 0.3) is 11.1 Å². The molecule has 6 heteroatoms. The van der Waals surface area contributed by atoms with Gasteiger partial charge in [-0.05, 0) is 30.2 Å². The van der Waals surface area contributed by atoms with Crippen LogP contribution < -0.4 is 0 Å². The fraction of sp³-hybridized carbons (Fsp3) is 0.111. The molecule has 0 atom stereocenters. The Balaban J connectivity index is 2.16. The second kappa shape index (κ2) is 6.55. The minimum absolute atomic E-state index is 0.0569. The normalized spacial score (nSPS) is 10.8. The summed E-state index contributed by atoms with van der Waals surface area (Å²) in [5.74, 6) is 0.0569. The highest BCUT2D eigenvalue weighted by Crippen LogP contribution is 2.33. The van der Waals surface area contributed by atoms with E-state index >= 15 is 0 Å². The molecule has 3 rings (SSSR count). The number of hydrogen-bond donors (Lipinski definition) is 1. The van der Waals surface area contributed by atoms with Gasteiger partial charge in [-0.15, -0.1) is 0 Å². The third kappa shape index (κ3) is 2.93. The highest BCUT2D eigenvalue weighted by Gasteiger charge is 2.20. The SMILES string of the molecule is Cc1nn(C)c(O)c1C(=S)c1ccccc1-c1ccc(Cl)c(Cl)c1. The first-order valence-corrected chi connectivity index (χ1v) is 8.38. The Morgan fingerprint density at radius 1 is 1.12 bits per heavy atom. The fourth-order valence-corrected chi connectivity index (χ4v) is 3.36. The maximum absolute atomic E-state index is 10.3. The molecule has 24 heavy (non-hydrogen) atoms. The van der Waals surface area contributed by atoms with Crippen LogP contribution in [0, 0.1) is 6.92 Å². The monoisotopic (exact) mass is 376 g/mol. The Morgan fingerprint density at radius 2 is 1.83 bits per heavy atom. The standard InChI is InChI=1S/C18H14Cl2N2OS/c1-10-16(18(23)22(2)21-10)17(24)13-6-4-3-5-12(13)11-7-8-14(19)15(20)9-11/h3-9,23H,1-2H3. The lowest BCUT2D eigenvalue weighted by molar-refractivity contribution is 0.418. The number of rotatable bonds is 3. The number of aromatic hydroxyl groups is 1. The van der Waals surface area contributed by atoms with Gasteiger partial charge in [0.25, 0.3) is 0 Å². The van der Waals surface area contributed by atoms with Gasteiger partial charge in [-0.3, -0.25) is 0 Å². The molecule has 0 bridgehead atoms. The molecule has 0 amide bonds. The van der Waals surface area contributed by atoms with Gasteiger partial charge >= 0.3 is 0 Å². The van der Waals surface area contributed by atoms with E-state index in [0.717, 1.165) is 16.7 Å². The third-order valence-corrected chi connectivity index (χ3v) is 4.98. The van der Waals surface area contributed by atoms with Gasteiger partial charge in [-0.2, -0.15) is 5.10 Å². The molecule has 0 aliphatic heterocycles. The first-order chi connectivity index (χ1) is 11.4. The van der Waals surface area contributed by atoms with E-state index in [-0.39, 0.29) is 5.88 Å². The van der Waals surface area contributed by atoms with Gasteiger partial charge in [0, 0.05) is 12.6 Å². The summed E-state index contributed by atoms with van der Waals surface area (Å²) in [6.45, 7) is 1.82. The van der Waals surface area contributed by atoms with Crippen LogP contribution in [0.15, 0.2) is 42.5 Å². The molecule has 0 unspecified atom stereocenters. The highest BCUT2D eigenvalue weighted by atomic mass is 35.5. The van der Waals surface area contributed by atoms with Crippen LogP contribution in [0.1, 0.15) is 16.8 Å². The predicted molar refractivity (Wildman–Crippen MR) is 102 cm³/mol. The quantitative estimate of drug-likeness (QED) is 0.505. The number of nitrogens with zero attached hydrogens (tertiary/aromatic N) is 2. The van der Waals surface area contributed by atoms with Gasteiger partial charge in [0.15, 0.2) is 0 Å². The van der Waals surface area contributed by atoms with Gasteiger partial charge in [-0.25, -0.2) is 4.68 Å². The Hall–Kier alpha value is -1.88. The largest absolute Gasteiger partial charge is 0.493 e. The zero-order chi connectivity index (χ0) is 17.4. The Labute approximate surface area is 155 Å². The summed E-state index contributed by atoms with van der Waals surface area (Å²) >= 11 is 17.8. The molecule has 1 N–H and O–H groups in total. The predicted octanol–water partition coefficient (Wildman–Crippen LogP) is 5.17. The van der Waals surface area contributed by atoms with Crippen molar-refractivity contribution in [1.29, 1.82) is 0 Å². The van der Waals surface area contributed by atoms with Crippen molar-refractivity contribution in [3.8, 4) is 17.0 Å². The lowest BCUT2D eigenvalue weighted by atomic mass is 9.95. The zero-order valence-corrected chi connectivity index (χ0v) is 15.4. The molecule has 1 heterocycles. The van der Waals surface area contributed by atoms with Crippen LogP contribution >= 0.6 is 35.4 Å². The summed E-state index contributed by atoms with van der Waals surface area (Å²) in [5.41, 5.74) is 3.91. The van der Waals surface area contributed by atoms with E-state index in [2.05, 4.69) is 5.10 Å². The van der Waals surface area contributed by atoms with E-state index in [1.165, 1.54) is 4.68 Å². The van der Waals surface area contributed by atoms with Crippen LogP contribution in [-0.4, -0.2) is 19.8 Å². The summed E-state index contributed by atoms with van der Waals surface area (Å²) in [6, 6.07) is 13.2. The smallest absolute Gasteiger partial charge is 0.218 e. The molecular formula is C18H14Cl2N2OS. The van der Waals surface area contributed by atoms with Crippen molar-refractivity contribution in [2.75, 3.05) is 0 Å². The Kier molecular flexibility index (Phi) is 4.63. The fourth-order valence-electron chi connectivity index (χ4n) is 2.64. The molecule has 0 aliphatic rings. The Bertz CT molecular complexity index is 950. The number of aromatic nitrogens is 2. The number of halogens is 2. The van der Waals surface area contributed by atoms with Crippen LogP contribution in [0.4, 0.5) is 0 Å². The molecule has 122 valence electrons. The summed E-state index contributed by atoms with van der Waals surface area (Å²) in [5, 5.41) is 15.5. The van der Waals surface area contributed by atoms with Gasteiger partial charge in [-0.1, -0.05) is 65.8 Å². The molecule has 2 aromatic carbocycles. The summed E-state index contributed by atoms with van der Waals surface area (Å²) in [7, 11) is 1.68. The van der Waals surface area contributed by atoms with Gasteiger partial charge < -0.3 is 5.11 Å². The summed E-state index contributed by atoms with van der Waals surface area (Å²) in [6.07, 6.45) is 0. The van der Waals surface area contributed by atoms with Crippen LogP contribution in [0.3, 0.4) is 0 Å². The van der Waals surface area contributed by atoms with Crippen molar-refractivity contribution in [3.63, 3.8) is 0 Å². The van der Waals surface area contributed by atoms with Crippen LogP contribution in [0.2, 0.25) is 10.0 Å². The van der Waals surface area contributed by atoms with Crippen molar-refractivity contribution in [2.24, 2.45) is 7.05 Å². The van der Waals surface area contributed by atoms with Crippen LogP contribution in [0.5, 0.6) is 5.88 Å². The van der Waals surface area contributed by atoms with Crippen molar-refractivity contribution in [1.82, 2.24) is 9.78 Å². The van der Waals surface area contributed by atoms with Crippen molar-refractivity contribution >= 4 is 40.3 Å². The molecule has 3 aromatic rings. The molecule has 0 aliphatic carbocycles. The van der Waals surface area contributed by atoms with E-state index < -0.39 is 0 Å². The van der Waals surface area contributed by atoms with E-state index in [9.17, 15) is 5.11 Å². The van der Waals surface area contributed by atoms with Crippen molar-refractivity contribution in [2.45, 2.75) is 6.92 Å². The molecular weight excluding hydrogens is 363 g/mol. The minimum atomic E-state index is 0.0569. The summed E-state index contributed by atoms with van der Waals surface area (Å²) in [4.78, 5) is 0.541. The second-order valence-corrected chi connectivity index (χ2v) is 6.63. The number of aryl methyl sites for hydroxylation is 2. The molecule has 1 aromatic heterocycles. The lowest BCUT2D eigenvalue weighted by Crippen LogP contribution is -2.03. The van der Waals surface area contributed by atoms with Gasteiger partial charge in [0.1, 0.15) is 0 Å². The minimum Gasteiger partial charge on any atom is -0.493 e. The molecule has 0 fully saturated rings. The maximum Gasteiger partial charge on any atom is 0.218 e. The number of hydrogen-bond acceptors (Lipinski definition) is 3. The van der Waals surface area contributed by atoms with Crippen molar-refractivity contribution in [3.05, 3.63) is 69.3 Å². The topological polar surface area (TPSA) is 38.0 Å². The molecule has 3 nitrogen and oxygen atoms in total. The Morgan fingerprint density at radius 3 is 2.46 bits per heavy atom. The first-order valence-electron chi connectivity index (χ1n) is 7.22. The highest BCUT2D eigenvalue weighted by molar-refractivity contribution is 7.81. The van der Waals surface area contributed by atoms with E-state index in [1.807, 2.05) is 37.3 Å². The van der Waals surface area contributed by atoms with E-state index in [1.54, 1.807) is 19.2 Å². The lowest BCUT2D eigenvalue weighted by Gasteiger charge is -2.12. The number of thiocarbonyl (C=S) groups is 1. The van der Waals surface area contributed by atoms with Gasteiger partial charge in [0.2, 0.25) is 5.88 Å². The molecule has 0 saturated carbocycles. The van der Waals surface area contributed by atoms with E-state index in [0.29, 0.717) is 26.2 Å². The average molecular weight is 377 g/mol. The molecule has 0 radical (unpaired) electrons.